The normalized spacial score (nSPS) is 19.9. The molecule has 0 aromatic carbocycles. The average molecular weight is 251 g/mol. The number of methoxy groups -OCH3 is 1. The molecule has 0 atom stereocenters. The van der Waals surface area contributed by atoms with E-state index in [0.29, 0.717) is 0 Å². The van der Waals surface area contributed by atoms with E-state index in [0.717, 1.165) is 16.7 Å². The van der Waals surface area contributed by atoms with Gasteiger partial charge >= 0.3 is 0 Å². The largest absolute Gasteiger partial charge is 0.496 e. The zero-order valence-electron chi connectivity index (χ0n) is 7.96. The van der Waals surface area contributed by atoms with Crippen molar-refractivity contribution in [3.63, 3.8) is 0 Å². The summed E-state index contributed by atoms with van der Waals surface area (Å²) in [5.41, 5.74) is 2.51. The SMILES string of the molecule is COC1=CC=CC2=C(Br)C=CC=C1C2. The third-order valence-electron chi connectivity index (χ3n) is 2.31. The van der Waals surface area contributed by atoms with E-state index >= 15 is 0 Å². The second-order valence-electron chi connectivity index (χ2n) is 3.20. The summed E-state index contributed by atoms with van der Waals surface area (Å²) in [6, 6.07) is 0. The van der Waals surface area contributed by atoms with Gasteiger partial charge in [0.15, 0.2) is 0 Å². The van der Waals surface area contributed by atoms with Gasteiger partial charge in [-0.05, 0) is 23.3 Å². The Balaban J connectivity index is 2.47. The summed E-state index contributed by atoms with van der Waals surface area (Å²) < 4.78 is 6.46. The quantitative estimate of drug-likeness (QED) is 0.691. The first-order valence-corrected chi connectivity index (χ1v) is 5.29. The summed E-state index contributed by atoms with van der Waals surface area (Å²) in [7, 11) is 1.71. The molecule has 2 bridgehead atoms. The van der Waals surface area contributed by atoms with Gasteiger partial charge < -0.3 is 4.74 Å². The second kappa shape index (κ2) is 4.01. The maximum Gasteiger partial charge on any atom is 0.122 e. The molecule has 72 valence electrons. The fourth-order valence-corrected chi connectivity index (χ4v) is 1.99. The van der Waals surface area contributed by atoms with Crippen LogP contribution in [0.4, 0.5) is 0 Å². The van der Waals surface area contributed by atoms with E-state index in [4.69, 9.17) is 4.74 Å². The maximum absolute atomic E-state index is 5.32. The smallest absolute Gasteiger partial charge is 0.122 e. The van der Waals surface area contributed by atoms with Gasteiger partial charge in [0.2, 0.25) is 0 Å². The van der Waals surface area contributed by atoms with E-state index in [2.05, 4.69) is 34.2 Å². The van der Waals surface area contributed by atoms with Crippen molar-refractivity contribution >= 4 is 15.9 Å². The van der Waals surface area contributed by atoms with Crippen molar-refractivity contribution in [3.05, 3.63) is 57.8 Å². The maximum atomic E-state index is 5.32. The molecule has 14 heavy (non-hydrogen) atoms. The van der Waals surface area contributed by atoms with Crippen LogP contribution in [-0.4, -0.2) is 7.11 Å². The number of ether oxygens (including phenoxy) is 1. The van der Waals surface area contributed by atoms with Gasteiger partial charge in [0, 0.05) is 10.9 Å². The minimum absolute atomic E-state index is 0.920. The highest BCUT2D eigenvalue weighted by Crippen LogP contribution is 2.30. The average Bonchev–Trinajstić information content (AvgIpc) is 2.49. The number of allylic oxidation sites excluding steroid dienone is 9. The third-order valence-corrected chi connectivity index (χ3v) is 3.08. The lowest BCUT2D eigenvalue weighted by Crippen LogP contribution is -1.92. The fourth-order valence-electron chi connectivity index (χ4n) is 1.57. The van der Waals surface area contributed by atoms with Crippen LogP contribution in [0.5, 0.6) is 0 Å². The number of hydrogen-bond acceptors (Lipinski definition) is 1. The molecule has 0 aromatic rings. The topological polar surface area (TPSA) is 9.23 Å². The molecule has 0 aromatic heterocycles. The van der Waals surface area contributed by atoms with Crippen molar-refractivity contribution in [3.8, 4) is 0 Å². The highest BCUT2D eigenvalue weighted by Gasteiger charge is 2.12. The molecule has 0 unspecified atom stereocenters. The third kappa shape index (κ3) is 1.75. The molecule has 1 nitrogen and oxygen atoms in total. The van der Waals surface area contributed by atoms with Crippen LogP contribution >= 0.6 is 15.9 Å². The van der Waals surface area contributed by atoms with Crippen molar-refractivity contribution in [2.45, 2.75) is 6.42 Å². The lowest BCUT2D eigenvalue weighted by molar-refractivity contribution is 0.300. The summed E-state index contributed by atoms with van der Waals surface area (Å²) in [4.78, 5) is 0. The van der Waals surface area contributed by atoms with Gasteiger partial charge in [0.05, 0.1) is 7.11 Å². The molecule has 0 saturated heterocycles. The standard InChI is InChI=1S/C12H11BrO/c1-14-12-7-3-4-9-8-10(12)5-2-6-11(9)13/h2-7H,8H2,1H3. The van der Waals surface area contributed by atoms with Crippen LogP contribution in [0.1, 0.15) is 6.42 Å². The lowest BCUT2D eigenvalue weighted by Gasteiger charge is -2.08. The Morgan fingerprint density at radius 3 is 2.79 bits per heavy atom. The first-order chi connectivity index (χ1) is 6.81. The molecule has 2 rings (SSSR count). The highest BCUT2D eigenvalue weighted by atomic mass is 79.9. The van der Waals surface area contributed by atoms with Gasteiger partial charge in [-0.2, -0.15) is 0 Å². The van der Waals surface area contributed by atoms with Crippen molar-refractivity contribution in [2.75, 3.05) is 7.11 Å². The Hall–Kier alpha value is -1.02. The van der Waals surface area contributed by atoms with Gasteiger partial charge in [-0.3, -0.25) is 0 Å². The van der Waals surface area contributed by atoms with Gasteiger partial charge in [-0.25, -0.2) is 0 Å². The Morgan fingerprint density at radius 1 is 1.21 bits per heavy atom. The molecule has 0 fully saturated rings. The van der Waals surface area contributed by atoms with Crippen LogP contribution in [0.25, 0.3) is 0 Å². The highest BCUT2D eigenvalue weighted by molar-refractivity contribution is 9.11. The molecule has 0 spiro atoms. The summed E-state index contributed by atoms with van der Waals surface area (Å²) in [6.07, 6.45) is 13.2. The Bertz CT molecular complexity index is 395. The van der Waals surface area contributed by atoms with Crippen LogP contribution in [0, 0.1) is 0 Å². The lowest BCUT2D eigenvalue weighted by atomic mass is 10.1. The number of hydrogen-bond donors (Lipinski definition) is 0. The van der Waals surface area contributed by atoms with Crippen molar-refractivity contribution < 1.29 is 4.74 Å². The molecule has 0 amide bonds. The fraction of sp³-hybridized carbons (Fsp3) is 0.167. The zero-order valence-corrected chi connectivity index (χ0v) is 9.54. The minimum atomic E-state index is 0.920. The van der Waals surface area contributed by atoms with Gasteiger partial charge in [0.1, 0.15) is 5.76 Å². The molecule has 0 N–H and O–H groups in total. The zero-order chi connectivity index (χ0) is 9.97. The summed E-state index contributed by atoms with van der Waals surface area (Å²) >= 11 is 3.55. The molecule has 0 saturated carbocycles. The van der Waals surface area contributed by atoms with Crippen LogP contribution in [0.2, 0.25) is 0 Å². The Morgan fingerprint density at radius 2 is 2.00 bits per heavy atom. The van der Waals surface area contributed by atoms with E-state index in [1.54, 1.807) is 7.11 Å². The second-order valence-corrected chi connectivity index (χ2v) is 4.05. The number of fused-ring (bicyclic) bond motifs is 2. The van der Waals surface area contributed by atoms with Gasteiger partial charge in [-0.1, -0.05) is 40.2 Å². The van der Waals surface area contributed by atoms with Crippen LogP contribution in [0.15, 0.2) is 57.8 Å². The number of rotatable bonds is 1. The Kier molecular flexibility index (Phi) is 2.73. The van der Waals surface area contributed by atoms with E-state index in [1.165, 1.54) is 11.1 Å². The first-order valence-electron chi connectivity index (χ1n) is 4.50. The van der Waals surface area contributed by atoms with Crippen LogP contribution in [0.3, 0.4) is 0 Å². The predicted molar refractivity (Wildman–Crippen MR) is 62.0 cm³/mol. The molecule has 2 aliphatic rings. The molecule has 0 aliphatic heterocycles. The molecule has 0 radical (unpaired) electrons. The van der Waals surface area contributed by atoms with E-state index < -0.39 is 0 Å². The summed E-state index contributed by atoms with van der Waals surface area (Å²) in [5, 5.41) is 0. The minimum Gasteiger partial charge on any atom is -0.496 e. The number of halogens is 1. The summed E-state index contributed by atoms with van der Waals surface area (Å²) in [6.45, 7) is 0. The monoisotopic (exact) mass is 250 g/mol. The molecule has 2 heteroatoms. The molecular weight excluding hydrogens is 240 g/mol. The summed E-state index contributed by atoms with van der Waals surface area (Å²) in [5.74, 6) is 0.947. The first kappa shape index (κ1) is 9.53. The van der Waals surface area contributed by atoms with E-state index in [1.807, 2.05) is 18.2 Å². The molecule has 0 heterocycles. The van der Waals surface area contributed by atoms with Gasteiger partial charge in [0.25, 0.3) is 0 Å². The molecular formula is C12H11BrO. The van der Waals surface area contributed by atoms with Crippen LogP contribution < -0.4 is 0 Å². The van der Waals surface area contributed by atoms with E-state index in [-0.39, 0.29) is 0 Å². The van der Waals surface area contributed by atoms with Crippen LogP contribution in [-0.2, 0) is 4.74 Å². The van der Waals surface area contributed by atoms with Crippen molar-refractivity contribution in [1.82, 2.24) is 0 Å². The van der Waals surface area contributed by atoms with Crippen molar-refractivity contribution in [1.29, 1.82) is 0 Å². The predicted octanol–water partition coefficient (Wildman–Crippen LogP) is 3.62. The van der Waals surface area contributed by atoms with E-state index in [9.17, 15) is 0 Å². The molecule has 2 aliphatic carbocycles. The Labute approximate surface area is 92.3 Å². The van der Waals surface area contributed by atoms with Crippen molar-refractivity contribution in [2.24, 2.45) is 0 Å². The van der Waals surface area contributed by atoms with Gasteiger partial charge in [-0.15, -0.1) is 0 Å².